The number of hydrogen-bond acceptors (Lipinski definition) is 5. The van der Waals surface area contributed by atoms with Gasteiger partial charge in [0.15, 0.2) is 0 Å². The first-order valence-corrected chi connectivity index (χ1v) is 11.9. The quantitative estimate of drug-likeness (QED) is 0.592. The third-order valence-corrected chi connectivity index (χ3v) is 7.37. The summed E-state index contributed by atoms with van der Waals surface area (Å²) in [5, 5.41) is 10.3. The van der Waals surface area contributed by atoms with Gasteiger partial charge in [-0.15, -0.1) is 0 Å². The molecule has 1 aromatic carbocycles. The van der Waals surface area contributed by atoms with Crippen molar-refractivity contribution in [1.29, 1.82) is 0 Å². The van der Waals surface area contributed by atoms with Crippen molar-refractivity contribution in [1.82, 2.24) is 14.1 Å². The highest BCUT2D eigenvalue weighted by molar-refractivity contribution is 7.92. The summed E-state index contributed by atoms with van der Waals surface area (Å²) in [6, 6.07) is 7.31. The summed E-state index contributed by atoms with van der Waals surface area (Å²) < 4.78 is 63.4. The van der Waals surface area contributed by atoms with Gasteiger partial charge in [0.25, 0.3) is 9.84 Å². The molecule has 1 aliphatic carbocycles. The Kier molecular flexibility index (Phi) is 6.08. The molecule has 0 amide bonds. The lowest BCUT2D eigenvalue weighted by atomic mass is 9.86. The summed E-state index contributed by atoms with van der Waals surface area (Å²) in [6.45, 7) is 0.169. The number of imidazole rings is 1. The van der Waals surface area contributed by atoms with Crippen molar-refractivity contribution in [2.75, 3.05) is 0 Å². The number of rotatable bonds is 5. The molecule has 33 heavy (non-hydrogen) atoms. The first-order chi connectivity index (χ1) is 15.6. The van der Waals surface area contributed by atoms with Crippen LogP contribution in [0.25, 0.3) is 5.69 Å². The molecule has 1 aliphatic rings. The zero-order valence-corrected chi connectivity index (χ0v) is 18.3. The molecular formula is C22H22F3N3O4S. The maximum absolute atomic E-state index is 12.9. The van der Waals surface area contributed by atoms with Crippen LogP contribution in [0.15, 0.2) is 58.5 Å². The van der Waals surface area contributed by atoms with E-state index in [9.17, 15) is 31.5 Å². The Morgan fingerprint density at radius 1 is 1.06 bits per heavy atom. The SMILES string of the molecule is O=c1n(Cc2ccnc(C3CCCCC3)c2)cc(O)n1-c1ccc(S(=O)(=O)C(F)(F)F)cc1. The van der Waals surface area contributed by atoms with E-state index in [2.05, 4.69) is 4.98 Å². The van der Waals surface area contributed by atoms with Crippen LogP contribution >= 0.6 is 0 Å². The van der Waals surface area contributed by atoms with Crippen molar-refractivity contribution in [3.8, 4) is 11.6 Å². The number of benzene rings is 1. The van der Waals surface area contributed by atoms with Gasteiger partial charge in [-0.05, 0) is 54.8 Å². The molecule has 7 nitrogen and oxygen atoms in total. The fourth-order valence-electron chi connectivity index (χ4n) is 4.15. The third kappa shape index (κ3) is 4.54. The normalized spacial score (nSPS) is 15.6. The minimum atomic E-state index is -5.51. The Morgan fingerprint density at radius 2 is 1.73 bits per heavy atom. The van der Waals surface area contributed by atoms with Crippen LogP contribution < -0.4 is 5.69 Å². The van der Waals surface area contributed by atoms with E-state index in [-0.39, 0.29) is 12.2 Å². The fraction of sp³-hybridized carbons (Fsp3) is 0.364. The van der Waals surface area contributed by atoms with Gasteiger partial charge < -0.3 is 5.11 Å². The van der Waals surface area contributed by atoms with Gasteiger partial charge in [-0.3, -0.25) is 9.55 Å². The molecule has 1 fully saturated rings. The van der Waals surface area contributed by atoms with E-state index in [0.717, 1.165) is 65.8 Å². The topological polar surface area (TPSA) is 94.2 Å². The van der Waals surface area contributed by atoms with Gasteiger partial charge in [0, 0.05) is 17.8 Å². The van der Waals surface area contributed by atoms with Crippen LogP contribution in [0.2, 0.25) is 0 Å². The second-order valence-electron chi connectivity index (χ2n) is 8.10. The van der Waals surface area contributed by atoms with Gasteiger partial charge in [0.2, 0.25) is 5.88 Å². The number of sulfone groups is 1. The minimum Gasteiger partial charge on any atom is -0.493 e. The summed E-state index contributed by atoms with van der Waals surface area (Å²) in [5.74, 6) is -0.0343. The zero-order chi connectivity index (χ0) is 23.8. The van der Waals surface area contributed by atoms with Crippen LogP contribution in [-0.4, -0.2) is 33.2 Å². The van der Waals surface area contributed by atoms with E-state index in [1.54, 1.807) is 12.3 Å². The largest absolute Gasteiger partial charge is 0.501 e. The van der Waals surface area contributed by atoms with Gasteiger partial charge in [0.05, 0.1) is 23.3 Å². The van der Waals surface area contributed by atoms with E-state index in [1.165, 1.54) is 17.2 Å². The minimum absolute atomic E-state index is 0.0370. The van der Waals surface area contributed by atoms with Crippen molar-refractivity contribution in [3.63, 3.8) is 0 Å². The Morgan fingerprint density at radius 3 is 2.36 bits per heavy atom. The van der Waals surface area contributed by atoms with Crippen molar-refractivity contribution in [3.05, 3.63) is 70.5 Å². The lowest BCUT2D eigenvalue weighted by Gasteiger charge is -2.21. The molecule has 0 atom stereocenters. The molecule has 2 aromatic heterocycles. The maximum Gasteiger partial charge on any atom is 0.501 e. The molecular weight excluding hydrogens is 459 g/mol. The fourth-order valence-corrected chi connectivity index (χ4v) is 4.92. The molecule has 0 saturated heterocycles. The standard InChI is InChI=1S/C22H22F3N3O4S/c23-22(24,25)33(31,32)18-8-6-17(7-9-18)28-20(29)14-27(21(28)30)13-15-10-11-26-19(12-15)16-4-2-1-3-5-16/h6-12,14,16,29H,1-5,13H2. The van der Waals surface area contributed by atoms with E-state index >= 15 is 0 Å². The molecule has 1 saturated carbocycles. The number of alkyl halides is 3. The summed E-state index contributed by atoms with van der Waals surface area (Å²) in [5.41, 5.74) is -4.20. The van der Waals surface area contributed by atoms with Crippen LogP contribution in [-0.2, 0) is 16.4 Å². The second kappa shape index (κ2) is 8.69. The van der Waals surface area contributed by atoms with Crippen molar-refractivity contribution in [2.24, 2.45) is 0 Å². The zero-order valence-electron chi connectivity index (χ0n) is 17.5. The maximum atomic E-state index is 12.9. The molecule has 2 heterocycles. The van der Waals surface area contributed by atoms with E-state index < -0.39 is 31.8 Å². The average Bonchev–Trinajstić information content (AvgIpc) is 3.06. The Balaban J connectivity index is 1.60. The molecule has 0 unspecified atom stereocenters. The molecule has 1 N–H and O–H groups in total. The molecule has 4 rings (SSSR count). The highest BCUT2D eigenvalue weighted by atomic mass is 32.2. The Hall–Kier alpha value is -3.08. The van der Waals surface area contributed by atoms with E-state index in [0.29, 0.717) is 5.92 Å². The summed E-state index contributed by atoms with van der Waals surface area (Å²) >= 11 is 0. The molecule has 11 heteroatoms. The van der Waals surface area contributed by atoms with Crippen LogP contribution in [0.3, 0.4) is 0 Å². The van der Waals surface area contributed by atoms with Crippen molar-refractivity contribution in [2.45, 2.75) is 55.0 Å². The summed E-state index contributed by atoms with van der Waals surface area (Å²) in [6.07, 6.45) is 8.62. The van der Waals surface area contributed by atoms with Crippen LogP contribution in [0.4, 0.5) is 13.2 Å². The van der Waals surface area contributed by atoms with Gasteiger partial charge in [0.1, 0.15) is 0 Å². The highest BCUT2D eigenvalue weighted by Crippen LogP contribution is 2.32. The molecule has 3 aromatic rings. The van der Waals surface area contributed by atoms with Gasteiger partial charge in [-0.1, -0.05) is 19.3 Å². The van der Waals surface area contributed by atoms with Crippen LogP contribution in [0, 0.1) is 0 Å². The average molecular weight is 481 g/mol. The first-order valence-electron chi connectivity index (χ1n) is 10.5. The predicted octanol–water partition coefficient (Wildman–Crippen LogP) is 4.13. The van der Waals surface area contributed by atoms with Gasteiger partial charge in [-0.2, -0.15) is 13.2 Å². The predicted molar refractivity (Wildman–Crippen MR) is 114 cm³/mol. The van der Waals surface area contributed by atoms with Crippen molar-refractivity contribution < 1.29 is 26.7 Å². The molecule has 0 aliphatic heterocycles. The van der Waals surface area contributed by atoms with Crippen LogP contribution in [0.1, 0.15) is 49.3 Å². The van der Waals surface area contributed by atoms with Gasteiger partial charge in [-0.25, -0.2) is 17.8 Å². The lowest BCUT2D eigenvalue weighted by Crippen LogP contribution is -2.24. The monoisotopic (exact) mass is 481 g/mol. The molecule has 176 valence electrons. The number of aromatic hydroxyl groups is 1. The molecule has 0 bridgehead atoms. The Bertz CT molecular complexity index is 1310. The lowest BCUT2D eigenvalue weighted by molar-refractivity contribution is -0.0436. The molecule has 0 radical (unpaired) electrons. The number of pyridine rings is 1. The number of aromatic nitrogens is 3. The highest BCUT2D eigenvalue weighted by Gasteiger charge is 2.46. The third-order valence-electron chi connectivity index (χ3n) is 5.87. The second-order valence-corrected chi connectivity index (χ2v) is 10.0. The van der Waals surface area contributed by atoms with Gasteiger partial charge >= 0.3 is 11.2 Å². The number of hydrogen-bond donors (Lipinski definition) is 1. The van der Waals surface area contributed by atoms with E-state index in [1.807, 2.05) is 6.07 Å². The smallest absolute Gasteiger partial charge is 0.493 e. The summed E-state index contributed by atoms with van der Waals surface area (Å²) in [4.78, 5) is 16.4. The first kappa shape index (κ1) is 23.1. The van der Waals surface area contributed by atoms with E-state index in [4.69, 9.17) is 0 Å². The summed E-state index contributed by atoms with van der Waals surface area (Å²) in [7, 11) is -5.51. The van der Waals surface area contributed by atoms with Crippen LogP contribution in [0.5, 0.6) is 5.88 Å². The number of nitrogens with zero attached hydrogens (tertiary/aromatic N) is 3. The number of halogens is 3. The molecule has 0 spiro atoms. The Labute approximate surface area is 188 Å². The van der Waals surface area contributed by atoms with Crippen molar-refractivity contribution >= 4 is 9.84 Å².